The maximum Gasteiger partial charge on any atom is 0.481 e. The normalized spacial score (nSPS) is 26.8. The zero-order valence-electron chi connectivity index (χ0n) is 33.3. The molecule has 2 unspecified atom stereocenters. The third-order valence-corrected chi connectivity index (χ3v) is 14.4. The summed E-state index contributed by atoms with van der Waals surface area (Å²) in [5, 5.41) is 36.6. The number of hydrogen-bond acceptors (Lipinski definition) is 20. The monoisotopic (exact) mass is 959 g/mol. The van der Waals surface area contributed by atoms with Crippen LogP contribution < -0.4 is 16.4 Å². The first-order chi connectivity index (χ1) is 28.8. The molecular formula is C32H48N7O19P3S. The number of amides is 2. The van der Waals surface area contributed by atoms with Crippen LogP contribution in [-0.4, -0.2) is 140 Å². The number of rotatable bonds is 20. The number of ether oxygens (including phenoxy) is 1. The number of phosphoric ester groups is 3. The van der Waals surface area contributed by atoms with Gasteiger partial charge in [0.25, 0.3) is 0 Å². The van der Waals surface area contributed by atoms with Gasteiger partial charge < -0.3 is 56.0 Å². The Kier molecular flexibility index (Phi) is 15.8. The van der Waals surface area contributed by atoms with Crippen molar-refractivity contribution in [3.8, 4) is 0 Å². The average Bonchev–Trinajstić information content (AvgIpc) is 3.83. The Morgan fingerprint density at radius 3 is 2.45 bits per heavy atom. The van der Waals surface area contributed by atoms with Crippen LogP contribution in [0.4, 0.5) is 5.82 Å². The summed E-state index contributed by atoms with van der Waals surface area (Å²) in [6, 6.07) is 0. The lowest BCUT2D eigenvalue weighted by Crippen LogP contribution is -2.46. The maximum atomic E-state index is 12.9. The quantitative estimate of drug-likeness (QED) is 0.0590. The number of ketones is 1. The molecule has 1 saturated heterocycles. The highest BCUT2D eigenvalue weighted by Gasteiger charge is 2.51. The van der Waals surface area contributed by atoms with Gasteiger partial charge in [-0.25, -0.2) is 28.6 Å². The number of anilines is 1. The van der Waals surface area contributed by atoms with Gasteiger partial charge >= 0.3 is 23.5 Å². The number of imidazole rings is 1. The standard InChI is InChI=1S/C32H48N7O19P3S/c1-31(2,25(44)28(45)35-9-7-20(42)34-10-11-62-30(46)21-16-4-5-19(41)32(16,3)8-6-17(21)40)13-55-61(52,53)58-60(50,51)54-12-18-24(57-59(47,48)49)23(43)29(56-18)39-15-38-22-26(33)36-14-37-27(22)39/h14-15,17-18,23-25,29,40,43-44H,4-13H2,1-3H3,(H,34,42)(H,35,45)(H,50,51)(H,52,53)(H2,33,36,37)(H2,47,48,49)/t17-,18-,23-,24-,25+,29-,32+/m1/s1. The summed E-state index contributed by atoms with van der Waals surface area (Å²) in [5.41, 5.74) is 4.41. The van der Waals surface area contributed by atoms with E-state index >= 15 is 0 Å². The summed E-state index contributed by atoms with van der Waals surface area (Å²) in [6.45, 7) is 2.01. The minimum atomic E-state index is -5.60. The van der Waals surface area contributed by atoms with E-state index in [1.165, 1.54) is 13.8 Å². The highest BCUT2D eigenvalue weighted by molar-refractivity contribution is 8.14. The molecule has 62 heavy (non-hydrogen) atoms. The van der Waals surface area contributed by atoms with Gasteiger partial charge in [0.2, 0.25) is 16.9 Å². The van der Waals surface area contributed by atoms with Crippen LogP contribution in [0.1, 0.15) is 59.1 Å². The van der Waals surface area contributed by atoms with Crippen molar-refractivity contribution in [1.82, 2.24) is 30.2 Å². The van der Waals surface area contributed by atoms with Crippen LogP contribution in [0.3, 0.4) is 0 Å². The molecule has 3 aliphatic rings. The highest BCUT2D eigenvalue weighted by Crippen LogP contribution is 2.61. The Morgan fingerprint density at radius 1 is 1.06 bits per heavy atom. The number of aromatic nitrogens is 4. The summed E-state index contributed by atoms with van der Waals surface area (Å²) < 4.78 is 62.3. The molecule has 1 aliphatic heterocycles. The summed E-state index contributed by atoms with van der Waals surface area (Å²) in [7, 11) is -16.5. The van der Waals surface area contributed by atoms with Crippen LogP contribution >= 0.6 is 35.2 Å². The molecule has 2 fully saturated rings. The van der Waals surface area contributed by atoms with Crippen LogP contribution in [0.15, 0.2) is 23.8 Å². The van der Waals surface area contributed by atoms with Crippen molar-refractivity contribution in [1.29, 1.82) is 0 Å². The molecule has 30 heteroatoms. The number of nitrogen functional groups attached to an aromatic ring is 1. The molecule has 0 bridgehead atoms. The van der Waals surface area contributed by atoms with E-state index in [-0.39, 0.29) is 58.7 Å². The number of aliphatic hydroxyl groups excluding tert-OH is 3. The van der Waals surface area contributed by atoms with Crippen molar-refractivity contribution in [2.24, 2.45) is 10.8 Å². The molecule has 9 atom stereocenters. The second-order valence-corrected chi connectivity index (χ2v) is 20.7. The SMILES string of the molecule is CC(C)(COP(=O)(O)OP(=O)(O)OC[C@H]1O[C@@H](n2cnc3c(N)ncnc32)[C@H](O)[C@@H]1OP(=O)(O)O)[C@@H](O)C(=O)NCCC(=O)NCCSC(=O)C1=C2CCC(=O)[C@@]2(C)CC[C@H]1O. The van der Waals surface area contributed by atoms with E-state index in [0.29, 0.717) is 31.3 Å². The van der Waals surface area contributed by atoms with Crippen LogP contribution in [0.5, 0.6) is 0 Å². The molecule has 0 aromatic carbocycles. The smallest absolute Gasteiger partial charge is 0.388 e. The van der Waals surface area contributed by atoms with Gasteiger partial charge in [-0.2, -0.15) is 4.31 Å². The first-order valence-corrected chi connectivity index (χ1v) is 24.3. The zero-order chi connectivity index (χ0) is 46.0. The molecule has 3 heterocycles. The molecule has 5 rings (SSSR count). The van der Waals surface area contributed by atoms with Gasteiger partial charge in [0, 0.05) is 48.1 Å². The third-order valence-electron chi connectivity index (χ3n) is 10.4. The number of fused-ring (bicyclic) bond motifs is 2. The summed E-state index contributed by atoms with van der Waals surface area (Å²) in [6.07, 6.45) is -6.54. The minimum Gasteiger partial charge on any atom is -0.388 e. The van der Waals surface area contributed by atoms with Crippen LogP contribution in [0, 0.1) is 10.8 Å². The predicted octanol–water partition coefficient (Wildman–Crippen LogP) is -0.515. The Balaban J connectivity index is 1.05. The van der Waals surface area contributed by atoms with Crippen LogP contribution in [0.25, 0.3) is 11.2 Å². The number of carbonyl (C=O) groups excluding carboxylic acids is 4. The van der Waals surface area contributed by atoms with Gasteiger partial charge in [0.1, 0.15) is 42.0 Å². The van der Waals surface area contributed by atoms with Crippen molar-refractivity contribution < 1.29 is 90.4 Å². The van der Waals surface area contributed by atoms with Crippen LogP contribution in [-0.2, 0) is 55.5 Å². The number of nitrogens with two attached hydrogens (primary N) is 1. The second-order valence-electron chi connectivity index (χ2n) is 15.4. The first kappa shape index (κ1) is 49.9. The Hall–Kier alpha value is -3.07. The summed E-state index contributed by atoms with van der Waals surface area (Å²) >= 11 is 0.900. The van der Waals surface area contributed by atoms with Gasteiger partial charge in [-0.1, -0.05) is 25.6 Å². The van der Waals surface area contributed by atoms with Crippen molar-refractivity contribution >= 4 is 74.9 Å². The molecule has 2 amide bonds. The van der Waals surface area contributed by atoms with Crippen molar-refractivity contribution in [3.05, 3.63) is 23.8 Å². The Bertz CT molecular complexity index is 2220. The molecule has 0 radical (unpaired) electrons. The second kappa shape index (κ2) is 19.6. The highest BCUT2D eigenvalue weighted by atomic mass is 32.2. The largest absolute Gasteiger partial charge is 0.481 e. The predicted molar refractivity (Wildman–Crippen MR) is 212 cm³/mol. The number of aliphatic hydroxyl groups is 3. The molecular weight excluding hydrogens is 911 g/mol. The lowest BCUT2D eigenvalue weighted by molar-refractivity contribution is -0.137. The van der Waals surface area contributed by atoms with Crippen LogP contribution in [0.2, 0.25) is 0 Å². The minimum absolute atomic E-state index is 0.0208. The number of nitrogens with zero attached hydrogens (tertiary/aromatic N) is 4. The van der Waals surface area contributed by atoms with Gasteiger partial charge in [0.05, 0.1) is 25.6 Å². The lowest BCUT2D eigenvalue weighted by atomic mass is 9.71. The number of phosphoric acid groups is 3. The third kappa shape index (κ3) is 12.0. The van der Waals surface area contributed by atoms with Crippen molar-refractivity contribution in [3.63, 3.8) is 0 Å². The topological polar surface area (TPSA) is 401 Å². The first-order valence-electron chi connectivity index (χ1n) is 18.8. The number of carbonyl (C=O) groups is 4. The summed E-state index contributed by atoms with van der Waals surface area (Å²) in [5.74, 6) is -1.35. The van der Waals surface area contributed by atoms with E-state index < -0.39 is 96.1 Å². The van der Waals surface area contributed by atoms with Gasteiger partial charge in [0.15, 0.2) is 17.7 Å². The Labute approximate surface area is 356 Å². The molecule has 2 aromatic rings. The van der Waals surface area contributed by atoms with E-state index in [9.17, 15) is 67.8 Å². The van der Waals surface area contributed by atoms with E-state index in [1.54, 1.807) is 6.92 Å². The zero-order valence-corrected chi connectivity index (χ0v) is 36.8. The number of nitrogens with one attached hydrogen (secondary N) is 2. The van der Waals surface area contributed by atoms with Gasteiger partial charge in [-0.05, 0) is 31.8 Å². The Morgan fingerprint density at radius 2 is 1.76 bits per heavy atom. The van der Waals surface area contributed by atoms with Gasteiger partial charge in [-0.3, -0.25) is 37.3 Å². The van der Waals surface area contributed by atoms with Gasteiger partial charge in [-0.15, -0.1) is 0 Å². The molecule has 2 aromatic heterocycles. The fraction of sp³-hybridized carbons (Fsp3) is 0.656. The fourth-order valence-corrected chi connectivity index (χ4v) is 10.7. The average molecular weight is 960 g/mol. The molecule has 346 valence electrons. The van der Waals surface area contributed by atoms with Crippen molar-refractivity contribution in [2.75, 3.05) is 37.8 Å². The fourth-order valence-electron chi connectivity index (χ4n) is 7.06. The molecule has 11 N–H and O–H groups in total. The number of allylic oxidation sites excluding steroid dienone is 1. The lowest BCUT2D eigenvalue weighted by Gasteiger charge is -2.33. The van der Waals surface area contributed by atoms with E-state index in [4.69, 9.17) is 19.5 Å². The van der Waals surface area contributed by atoms with E-state index in [2.05, 4.69) is 34.4 Å². The van der Waals surface area contributed by atoms with E-state index in [1.807, 2.05) is 0 Å². The molecule has 1 saturated carbocycles. The van der Waals surface area contributed by atoms with E-state index in [0.717, 1.165) is 29.0 Å². The number of hydrogen-bond donors (Lipinski definition) is 10. The summed E-state index contributed by atoms with van der Waals surface area (Å²) in [4.78, 5) is 101. The number of Topliss-reactive ketones (excluding diaryl/α,β-unsaturated/α-hetero) is 1. The molecule has 2 aliphatic carbocycles. The molecule has 26 nitrogen and oxygen atoms in total. The number of thioether (sulfide) groups is 1. The van der Waals surface area contributed by atoms with Crippen molar-refractivity contribution in [2.45, 2.75) is 89.6 Å². The molecule has 0 spiro atoms. The maximum absolute atomic E-state index is 12.9.